The van der Waals surface area contributed by atoms with Gasteiger partial charge in [0.1, 0.15) is 0 Å². The molecule has 2 aliphatic heterocycles. The summed E-state index contributed by atoms with van der Waals surface area (Å²) in [6, 6.07) is 8.78. The van der Waals surface area contributed by atoms with E-state index in [1.165, 1.54) is 44.8 Å². The molecule has 4 heteroatoms. The van der Waals surface area contributed by atoms with Gasteiger partial charge in [-0.2, -0.15) is 0 Å². The quantitative estimate of drug-likeness (QED) is 0.915. The molecule has 3 rings (SSSR count). The van der Waals surface area contributed by atoms with Gasteiger partial charge < -0.3 is 5.32 Å². The summed E-state index contributed by atoms with van der Waals surface area (Å²) in [4.78, 5) is 5.14. The number of halogens is 1. The van der Waals surface area contributed by atoms with E-state index in [0.717, 1.165) is 17.6 Å². The Bertz CT molecular complexity index is 445. The van der Waals surface area contributed by atoms with Crippen molar-refractivity contribution in [2.75, 3.05) is 45.8 Å². The minimum atomic E-state index is 0.793. The molecule has 0 unspecified atom stereocenters. The summed E-state index contributed by atoms with van der Waals surface area (Å²) in [7, 11) is 0. The SMILES string of the molecule is Clc1ccc(/C=C/CN2CCN(C3CNC3)CC2)cc1. The van der Waals surface area contributed by atoms with E-state index in [4.69, 9.17) is 11.6 Å². The van der Waals surface area contributed by atoms with Crippen molar-refractivity contribution in [3.8, 4) is 0 Å². The molecule has 2 saturated heterocycles. The van der Waals surface area contributed by atoms with Gasteiger partial charge in [-0.05, 0) is 17.7 Å². The highest BCUT2D eigenvalue weighted by Gasteiger charge is 2.27. The van der Waals surface area contributed by atoms with E-state index >= 15 is 0 Å². The summed E-state index contributed by atoms with van der Waals surface area (Å²) >= 11 is 5.88. The van der Waals surface area contributed by atoms with Gasteiger partial charge in [0.05, 0.1) is 0 Å². The Hall–Kier alpha value is -0.870. The molecule has 0 aliphatic carbocycles. The fraction of sp³-hybridized carbons (Fsp3) is 0.500. The van der Waals surface area contributed by atoms with Gasteiger partial charge in [0.15, 0.2) is 0 Å². The van der Waals surface area contributed by atoms with Crippen molar-refractivity contribution >= 4 is 17.7 Å². The molecule has 0 amide bonds. The second-order valence-electron chi connectivity index (χ2n) is 5.60. The van der Waals surface area contributed by atoms with Crippen LogP contribution in [0, 0.1) is 0 Å². The lowest BCUT2D eigenvalue weighted by atomic mass is 10.1. The maximum atomic E-state index is 5.88. The van der Waals surface area contributed by atoms with Crippen LogP contribution in [-0.4, -0.2) is 61.7 Å². The van der Waals surface area contributed by atoms with Crippen LogP contribution >= 0.6 is 11.6 Å². The highest BCUT2D eigenvalue weighted by Crippen LogP contribution is 2.12. The Morgan fingerprint density at radius 1 is 1.10 bits per heavy atom. The average molecular weight is 292 g/mol. The minimum Gasteiger partial charge on any atom is -0.314 e. The summed E-state index contributed by atoms with van der Waals surface area (Å²) in [5.74, 6) is 0. The molecule has 1 N–H and O–H groups in total. The molecule has 2 heterocycles. The second-order valence-corrected chi connectivity index (χ2v) is 6.04. The van der Waals surface area contributed by atoms with E-state index in [2.05, 4.69) is 39.4 Å². The molecule has 0 bridgehead atoms. The molecule has 0 aromatic heterocycles. The van der Waals surface area contributed by atoms with Crippen LogP contribution in [0.5, 0.6) is 0 Å². The van der Waals surface area contributed by atoms with Crippen molar-refractivity contribution in [1.29, 1.82) is 0 Å². The zero-order chi connectivity index (χ0) is 13.8. The molecule has 0 saturated carbocycles. The molecule has 20 heavy (non-hydrogen) atoms. The van der Waals surface area contributed by atoms with Crippen molar-refractivity contribution in [2.24, 2.45) is 0 Å². The lowest BCUT2D eigenvalue weighted by Gasteiger charge is -2.43. The van der Waals surface area contributed by atoms with E-state index in [-0.39, 0.29) is 0 Å². The van der Waals surface area contributed by atoms with E-state index in [1.54, 1.807) is 0 Å². The van der Waals surface area contributed by atoms with Crippen LogP contribution in [0.4, 0.5) is 0 Å². The summed E-state index contributed by atoms with van der Waals surface area (Å²) in [6.45, 7) is 8.18. The van der Waals surface area contributed by atoms with Crippen molar-refractivity contribution in [1.82, 2.24) is 15.1 Å². The van der Waals surface area contributed by atoms with E-state index in [1.807, 2.05) is 12.1 Å². The van der Waals surface area contributed by atoms with Crippen LogP contribution in [0.25, 0.3) is 6.08 Å². The predicted octanol–water partition coefficient (Wildman–Crippen LogP) is 1.94. The third-order valence-electron chi connectivity index (χ3n) is 4.23. The largest absolute Gasteiger partial charge is 0.314 e. The Balaban J connectivity index is 1.42. The molecule has 3 nitrogen and oxygen atoms in total. The Morgan fingerprint density at radius 3 is 2.40 bits per heavy atom. The van der Waals surface area contributed by atoms with Crippen LogP contribution in [0.1, 0.15) is 5.56 Å². The summed E-state index contributed by atoms with van der Waals surface area (Å²) < 4.78 is 0. The molecule has 108 valence electrons. The molecule has 1 aromatic carbocycles. The van der Waals surface area contributed by atoms with Gasteiger partial charge in [-0.1, -0.05) is 35.9 Å². The summed E-state index contributed by atoms with van der Waals surface area (Å²) in [6.07, 6.45) is 4.43. The molecule has 0 spiro atoms. The third kappa shape index (κ3) is 3.61. The van der Waals surface area contributed by atoms with Crippen LogP contribution in [0.3, 0.4) is 0 Å². The lowest BCUT2D eigenvalue weighted by molar-refractivity contribution is 0.0783. The predicted molar refractivity (Wildman–Crippen MR) is 85.2 cm³/mol. The highest BCUT2D eigenvalue weighted by atomic mass is 35.5. The molecule has 2 fully saturated rings. The fourth-order valence-corrected chi connectivity index (χ4v) is 2.88. The minimum absolute atomic E-state index is 0.793. The standard InChI is InChI=1S/C16H22ClN3/c17-15-5-3-14(4-6-15)2-1-7-19-8-10-20(11-9-19)16-12-18-13-16/h1-6,16,18H,7-13H2/b2-1+. The van der Waals surface area contributed by atoms with Crippen molar-refractivity contribution in [2.45, 2.75) is 6.04 Å². The maximum Gasteiger partial charge on any atom is 0.0406 e. The molecule has 1 aromatic rings. The number of hydrogen-bond donors (Lipinski definition) is 1. The number of piperazine rings is 1. The van der Waals surface area contributed by atoms with E-state index < -0.39 is 0 Å². The highest BCUT2D eigenvalue weighted by molar-refractivity contribution is 6.30. The number of benzene rings is 1. The first-order valence-corrected chi connectivity index (χ1v) is 7.78. The van der Waals surface area contributed by atoms with Gasteiger partial charge in [0.2, 0.25) is 0 Å². The van der Waals surface area contributed by atoms with Gasteiger partial charge >= 0.3 is 0 Å². The zero-order valence-corrected chi connectivity index (χ0v) is 12.5. The van der Waals surface area contributed by atoms with Gasteiger partial charge in [0.25, 0.3) is 0 Å². The summed E-state index contributed by atoms with van der Waals surface area (Å²) in [5, 5.41) is 4.15. The van der Waals surface area contributed by atoms with Gasteiger partial charge in [0, 0.05) is 56.9 Å². The lowest BCUT2D eigenvalue weighted by Crippen LogP contribution is -2.61. The second kappa shape index (κ2) is 6.72. The van der Waals surface area contributed by atoms with Crippen LogP contribution in [0.15, 0.2) is 30.3 Å². The monoisotopic (exact) mass is 291 g/mol. The molecule has 2 aliphatic rings. The topological polar surface area (TPSA) is 18.5 Å². The number of nitrogens with zero attached hydrogens (tertiary/aromatic N) is 2. The van der Waals surface area contributed by atoms with Crippen molar-refractivity contribution in [3.05, 3.63) is 40.9 Å². The Labute approximate surface area is 126 Å². The first-order valence-electron chi connectivity index (χ1n) is 7.40. The smallest absolute Gasteiger partial charge is 0.0406 e. The first-order chi connectivity index (χ1) is 9.81. The van der Waals surface area contributed by atoms with E-state index in [0.29, 0.717) is 0 Å². The molecular weight excluding hydrogens is 270 g/mol. The molecule has 0 atom stereocenters. The third-order valence-corrected chi connectivity index (χ3v) is 4.48. The van der Waals surface area contributed by atoms with Crippen molar-refractivity contribution in [3.63, 3.8) is 0 Å². The normalized spacial score (nSPS) is 22.2. The first kappa shape index (κ1) is 14.1. The van der Waals surface area contributed by atoms with E-state index in [9.17, 15) is 0 Å². The van der Waals surface area contributed by atoms with Gasteiger partial charge in [-0.3, -0.25) is 9.80 Å². The number of nitrogens with one attached hydrogen (secondary N) is 1. The number of rotatable bonds is 4. The van der Waals surface area contributed by atoms with Crippen LogP contribution < -0.4 is 5.32 Å². The zero-order valence-electron chi connectivity index (χ0n) is 11.8. The molecule has 0 radical (unpaired) electrons. The van der Waals surface area contributed by atoms with Crippen molar-refractivity contribution < 1.29 is 0 Å². The Kier molecular flexibility index (Phi) is 4.73. The fourth-order valence-electron chi connectivity index (χ4n) is 2.75. The Morgan fingerprint density at radius 2 is 1.80 bits per heavy atom. The average Bonchev–Trinajstić information content (AvgIpc) is 2.41. The maximum absolute atomic E-state index is 5.88. The van der Waals surface area contributed by atoms with Gasteiger partial charge in [-0.15, -0.1) is 0 Å². The molecular formula is C16H22ClN3. The van der Waals surface area contributed by atoms with Crippen LogP contribution in [0.2, 0.25) is 5.02 Å². The van der Waals surface area contributed by atoms with Crippen LogP contribution in [-0.2, 0) is 0 Å². The van der Waals surface area contributed by atoms with Gasteiger partial charge in [-0.25, -0.2) is 0 Å². The number of hydrogen-bond acceptors (Lipinski definition) is 3. The summed E-state index contributed by atoms with van der Waals surface area (Å²) in [5.41, 5.74) is 1.22.